The molecule has 0 radical (unpaired) electrons. The fourth-order valence-electron chi connectivity index (χ4n) is 2.24. The lowest BCUT2D eigenvalue weighted by Gasteiger charge is -2.25. The Morgan fingerprint density at radius 2 is 2.06 bits per heavy atom. The van der Waals surface area contributed by atoms with Crippen LogP contribution in [-0.4, -0.2) is 6.54 Å². The number of hydrogen-bond acceptors (Lipinski definition) is 2. The maximum Gasteiger partial charge on any atom is 0.0953 e. The maximum absolute atomic E-state index is 5.14. The van der Waals surface area contributed by atoms with E-state index in [0.29, 0.717) is 6.04 Å². The van der Waals surface area contributed by atoms with Crippen LogP contribution in [0.3, 0.4) is 0 Å². The Bertz CT molecular complexity index is 453. The van der Waals surface area contributed by atoms with Gasteiger partial charge in [0.25, 0.3) is 0 Å². The lowest BCUT2D eigenvalue weighted by Crippen LogP contribution is -2.30. The van der Waals surface area contributed by atoms with E-state index in [9.17, 15) is 0 Å². The largest absolute Gasteiger partial charge is 0.472 e. The molecule has 3 rings (SSSR count). The molecular weight excluding hydrogens is 222 g/mol. The average molecular weight is 236 g/mol. The first-order chi connectivity index (χ1) is 7.45. The van der Waals surface area contributed by atoms with E-state index in [0.717, 1.165) is 13.0 Å². The molecule has 0 amide bonds. The van der Waals surface area contributed by atoms with E-state index >= 15 is 0 Å². The Balaban J connectivity index is 0.000000963. The summed E-state index contributed by atoms with van der Waals surface area (Å²) in [6.07, 6.45) is 4.67. The molecule has 2 nitrogen and oxygen atoms in total. The number of furan rings is 1. The SMILES string of the molecule is Cl.c1ccc2c(c1)CCN[C@H]2c1ccoc1. The second kappa shape index (κ2) is 4.73. The van der Waals surface area contributed by atoms with Crippen molar-refractivity contribution in [1.29, 1.82) is 0 Å². The smallest absolute Gasteiger partial charge is 0.0953 e. The Morgan fingerprint density at radius 1 is 1.19 bits per heavy atom. The summed E-state index contributed by atoms with van der Waals surface area (Å²) in [7, 11) is 0. The second-order valence-corrected chi connectivity index (χ2v) is 3.89. The van der Waals surface area contributed by atoms with Crippen molar-refractivity contribution in [2.45, 2.75) is 12.5 Å². The summed E-state index contributed by atoms with van der Waals surface area (Å²) in [4.78, 5) is 0. The van der Waals surface area contributed by atoms with Crippen molar-refractivity contribution in [2.75, 3.05) is 6.54 Å². The fourth-order valence-corrected chi connectivity index (χ4v) is 2.24. The van der Waals surface area contributed by atoms with Gasteiger partial charge in [0.2, 0.25) is 0 Å². The molecule has 0 saturated heterocycles. The quantitative estimate of drug-likeness (QED) is 0.822. The number of fused-ring (bicyclic) bond motifs is 1. The lowest BCUT2D eigenvalue weighted by atomic mass is 9.91. The molecule has 0 aliphatic carbocycles. The summed E-state index contributed by atoms with van der Waals surface area (Å²) in [5, 5.41) is 3.52. The maximum atomic E-state index is 5.14. The van der Waals surface area contributed by atoms with E-state index in [2.05, 4.69) is 29.6 Å². The molecular formula is C13H14ClNO. The van der Waals surface area contributed by atoms with Crippen LogP contribution in [0.25, 0.3) is 0 Å². The van der Waals surface area contributed by atoms with Crippen LogP contribution in [0.4, 0.5) is 0 Å². The normalized spacial score (nSPS) is 18.6. The van der Waals surface area contributed by atoms with E-state index < -0.39 is 0 Å². The van der Waals surface area contributed by atoms with Gasteiger partial charge in [0.15, 0.2) is 0 Å². The van der Waals surface area contributed by atoms with Gasteiger partial charge in [0.1, 0.15) is 0 Å². The van der Waals surface area contributed by atoms with Crippen LogP contribution in [-0.2, 0) is 6.42 Å². The number of halogens is 1. The third-order valence-corrected chi connectivity index (χ3v) is 2.99. The van der Waals surface area contributed by atoms with Crippen LogP contribution in [0.15, 0.2) is 47.3 Å². The zero-order chi connectivity index (χ0) is 10.1. The summed E-state index contributed by atoms with van der Waals surface area (Å²) in [5.41, 5.74) is 4.04. The molecule has 0 spiro atoms. The van der Waals surface area contributed by atoms with Crippen LogP contribution >= 0.6 is 12.4 Å². The van der Waals surface area contributed by atoms with E-state index in [1.165, 1.54) is 16.7 Å². The highest BCUT2D eigenvalue weighted by molar-refractivity contribution is 5.85. The van der Waals surface area contributed by atoms with Crippen LogP contribution in [0, 0.1) is 0 Å². The Morgan fingerprint density at radius 3 is 2.88 bits per heavy atom. The van der Waals surface area contributed by atoms with Gasteiger partial charge in [0.05, 0.1) is 18.6 Å². The third-order valence-electron chi connectivity index (χ3n) is 2.99. The molecule has 1 N–H and O–H groups in total. The van der Waals surface area contributed by atoms with E-state index in [1.807, 2.05) is 12.3 Å². The summed E-state index contributed by atoms with van der Waals surface area (Å²) >= 11 is 0. The topological polar surface area (TPSA) is 25.2 Å². The molecule has 1 aliphatic rings. The molecule has 3 heteroatoms. The van der Waals surface area contributed by atoms with E-state index in [1.54, 1.807) is 6.26 Å². The van der Waals surface area contributed by atoms with Crippen LogP contribution in [0.1, 0.15) is 22.7 Å². The molecule has 0 fully saturated rings. The first-order valence-corrected chi connectivity index (χ1v) is 5.28. The zero-order valence-corrected chi connectivity index (χ0v) is 9.67. The highest BCUT2D eigenvalue weighted by Gasteiger charge is 2.20. The first kappa shape index (κ1) is 11.2. The monoisotopic (exact) mass is 235 g/mol. The minimum absolute atomic E-state index is 0. The standard InChI is InChI=1S/C13H13NO.ClH/c1-2-4-12-10(3-1)5-7-14-13(12)11-6-8-15-9-11;/h1-4,6,8-9,13-14H,5,7H2;1H/t13-;/m0./s1. The van der Waals surface area contributed by atoms with Gasteiger partial charge in [0, 0.05) is 12.1 Å². The van der Waals surface area contributed by atoms with Crippen molar-refractivity contribution in [3.05, 3.63) is 59.5 Å². The molecule has 0 saturated carbocycles. The Labute approximate surface area is 101 Å². The molecule has 1 aliphatic heterocycles. The van der Waals surface area contributed by atoms with Gasteiger partial charge in [-0.3, -0.25) is 0 Å². The third kappa shape index (κ3) is 1.86. The zero-order valence-electron chi connectivity index (χ0n) is 8.85. The fraction of sp³-hybridized carbons (Fsp3) is 0.231. The van der Waals surface area contributed by atoms with Crippen molar-refractivity contribution in [2.24, 2.45) is 0 Å². The molecule has 84 valence electrons. The van der Waals surface area contributed by atoms with Crippen molar-refractivity contribution < 1.29 is 4.42 Å². The second-order valence-electron chi connectivity index (χ2n) is 3.89. The summed E-state index contributed by atoms with van der Waals surface area (Å²) in [6.45, 7) is 1.03. The van der Waals surface area contributed by atoms with Crippen molar-refractivity contribution >= 4 is 12.4 Å². The van der Waals surface area contributed by atoms with Crippen molar-refractivity contribution in [1.82, 2.24) is 5.32 Å². The molecule has 2 aromatic rings. The van der Waals surface area contributed by atoms with Crippen LogP contribution in [0.2, 0.25) is 0 Å². The van der Waals surface area contributed by atoms with E-state index in [-0.39, 0.29) is 12.4 Å². The Hall–Kier alpha value is -1.25. The lowest BCUT2D eigenvalue weighted by molar-refractivity contribution is 0.537. The molecule has 1 atom stereocenters. The van der Waals surface area contributed by atoms with Crippen LogP contribution < -0.4 is 5.32 Å². The first-order valence-electron chi connectivity index (χ1n) is 5.28. The predicted octanol–water partition coefficient (Wildman–Crippen LogP) is 2.94. The summed E-state index contributed by atoms with van der Waals surface area (Å²) < 4.78 is 5.14. The summed E-state index contributed by atoms with van der Waals surface area (Å²) in [5.74, 6) is 0. The van der Waals surface area contributed by atoms with Crippen LogP contribution in [0.5, 0.6) is 0 Å². The highest BCUT2D eigenvalue weighted by Crippen LogP contribution is 2.28. The molecule has 0 bridgehead atoms. The minimum atomic E-state index is 0. The van der Waals surface area contributed by atoms with E-state index in [4.69, 9.17) is 4.42 Å². The molecule has 1 aromatic carbocycles. The number of hydrogen-bond donors (Lipinski definition) is 1. The molecule has 1 aromatic heterocycles. The van der Waals surface area contributed by atoms with Gasteiger partial charge in [-0.25, -0.2) is 0 Å². The van der Waals surface area contributed by atoms with Gasteiger partial charge in [-0.1, -0.05) is 24.3 Å². The minimum Gasteiger partial charge on any atom is -0.472 e. The molecule has 2 heterocycles. The van der Waals surface area contributed by atoms with Crippen molar-refractivity contribution in [3.8, 4) is 0 Å². The molecule has 16 heavy (non-hydrogen) atoms. The highest BCUT2D eigenvalue weighted by atomic mass is 35.5. The van der Waals surface area contributed by atoms with Gasteiger partial charge in [-0.2, -0.15) is 0 Å². The predicted molar refractivity (Wildman–Crippen MR) is 65.9 cm³/mol. The number of nitrogens with one attached hydrogen (secondary N) is 1. The van der Waals surface area contributed by atoms with Gasteiger partial charge in [-0.15, -0.1) is 12.4 Å². The number of rotatable bonds is 1. The Kier molecular flexibility index (Phi) is 3.32. The van der Waals surface area contributed by atoms with Gasteiger partial charge >= 0.3 is 0 Å². The average Bonchev–Trinajstić information content (AvgIpc) is 2.82. The number of benzene rings is 1. The van der Waals surface area contributed by atoms with Gasteiger partial charge < -0.3 is 9.73 Å². The summed E-state index contributed by atoms with van der Waals surface area (Å²) in [6, 6.07) is 10.9. The van der Waals surface area contributed by atoms with Crippen molar-refractivity contribution in [3.63, 3.8) is 0 Å². The molecule has 0 unspecified atom stereocenters. The van der Waals surface area contributed by atoms with Gasteiger partial charge in [-0.05, 0) is 23.6 Å².